The van der Waals surface area contributed by atoms with Crippen LogP contribution in [0.5, 0.6) is 0 Å². The molecule has 1 heterocycles. The van der Waals surface area contributed by atoms with Crippen LogP contribution in [0.2, 0.25) is 0 Å². The maximum absolute atomic E-state index is 12.3. The summed E-state index contributed by atoms with van der Waals surface area (Å²) in [5, 5.41) is 0.354. The maximum Gasteiger partial charge on any atom is 0.343 e. The molecule has 0 bridgehead atoms. The summed E-state index contributed by atoms with van der Waals surface area (Å²) < 4.78 is 10.3. The van der Waals surface area contributed by atoms with E-state index in [0.29, 0.717) is 16.5 Å². The van der Waals surface area contributed by atoms with Crippen molar-refractivity contribution >= 4 is 45.4 Å². The Morgan fingerprint density at radius 3 is 2.67 bits per heavy atom. The van der Waals surface area contributed by atoms with E-state index in [2.05, 4.69) is 32.3 Å². The number of hydrogen-bond donors (Lipinski definition) is 1. The van der Waals surface area contributed by atoms with E-state index in [9.17, 15) is 14.4 Å². The average molecular weight is 401 g/mol. The SMILES string of the molecule is COC(=O)c1c[nH]c2c(I)cc(COC(C)=O)cc2c1=O. The summed E-state index contributed by atoms with van der Waals surface area (Å²) >= 11 is 2.07. The molecule has 2 aromatic rings. The standard InChI is InChI=1S/C14H12INO5/c1-7(17)21-6-8-3-9-12(11(15)4-8)16-5-10(13(9)18)14(19)20-2/h3-5H,6H2,1-2H3,(H,16,18). The molecule has 0 unspecified atom stereocenters. The van der Waals surface area contributed by atoms with Crippen LogP contribution in [0.4, 0.5) is 0 Å². The second-order valence-electron chi connectivity index (χ2n) is 4.30. The quantitative estimate of drug-likeness (QED) is 0.628. The smallest absolute Gasteiger partial charge is 0.343 e. The molecule has 1 aromatic heterocycles. The van der Waals surface area contributed by atoms with Gasteiger partial charge in [0.15, 0.2) is 0 Å². The third-order valence-corrected chi connectivity index (χ3v) is 3.70. The molecule has 0 aliphatic heterocycles. The molecule has 0 radical (unpaired) electrons. The van der Waals surface area contributed by atoms with Gasteiger partial charge < -0.3 is 14.5 Å². The van der Waals surface area contributed by atoms with Crippen molar-refractivity contribution in [3.05, 3.63) is 43.2 Å². The van der Waals surface area contributed by atoms with Gasteiger partial charge in [-0.05, 0) is 40.3 Å². The minimum atomic E-state index is -0.696. The number of ether oxygens (including phenoxy) is 2. The summed E-state index contributed by atoms with van der Waals surface area (Å²) in [5.41, 5.74) is 0.818. The minimum absolute atomic E-state index is 0.0644. The first-order valence-electron chi connectivity index (χ1n) is 5.99. The normalized spacial score (nSPS) is 10.4. The molecule has 1 aromatic carbocycles. The first-order chi connectivity index (χ1) is 9.93. The molecular formula is C14H12INO5. The molecule has 21 heavy (non-hydrogen) atoms. The van der Waals surface area contributed by atoms with Gasteiger partial charge >= 0.3 is 11.9 Å². The summed E-state index contributed by atoms with van der Waals surface area (Å²) in [6.07, 6.45) is 1.34. The van der Waals surface area contributed by atoms with Crippen molar-refractivity contribution in [1.29, 1.82) is 0 Å². The number of pyridine rings is 1. The van der Waals surface area contributed by atoms with Crippen LogP contribution >= 0.6 is 22.6 Å². The monoisotopic (exact) mass is 401 g/mol. The summed E-state index contributed by atoms with van der Waals surface area (Å²) in [6.45, 7) is 1.39. The Kier molecular flexibility index (Phi) is 4.61. The van der Waals surface area contributed by atoms with Crippen molar-refractivity contribution in [2.75, 3.05) is 7.11 Å². The lowest BCUT2D eigenvalue weighted by Crippen LogP contribution is -2.17. The number of carbonyl (C=O) groups excluding carboxylic acids is 2. The van der Waals surface area contributed by atoms with Crippen molar-refractivity contribution in [2.45, 2.75) is 13.5 Å². The molecular weight excluding hydrogens is 389 g/mol. The first-order valence-corrected chi connectivity index (χ1v) is 7.07. The first kappa shape index (κ1) is 15.5. The predicted molar refractivity (Wildman–Crippen MR) is 84.1 cm³/mol. The fourth-order valence-electron chi connectivity index (χ4n) is 1.87. The van der Waals surface area contributed by atoms with Crippen molar-refractivity contribution in [2.24, 2.45) is 0 Å². The Labute approximate surface area is 133 Å². The number of aromatic amines is 1. The van der Waals surface area contributed by atoms with Gasteiger partial charge in [-0.1, -0.05) is 0 Å². The molecule has 2 rings (SSSR count). The summed E-state index contributed by atoms with van der Waals surface area (Å²) in [5.74, 6) is -1.10. The van der Waals surface area contributed by atoms with Gasteiger partial charge in [-0.25, -0.2) is 4.79 Å². The Bertz CT molecular complexity index is 781. The van der Waals surface area contributed by atoms with Gasteiger partial charge in [0.2, 0.25) is 5.43 Å². The van der Waals surface area contributed by atoms with Crippen molar-refractivity contribution in [1.82, 2.24) is 4.98 Å². The molecule has 0 saturated carbocycles. The van der Waals surface area contributed by atoms with E-state index in [1.165, 1.54) is 20.2 Å². The average Bonchev–Trinajstić information content (AvgIpc) is 2.45. The Balaban J connectivity index is 2.59. The summed E-state index contributed by atoms with van der Waals surface area (Å²) in [4.78, 5) is 37.7. The molecule has 0 amide bonds. The van der Waals surface area contributed by atoms with E-state index in [4.69, 9.17) is 4.74 Å². The zero-order chi connectivity index (χ0) is 15.6. The number of methoxy groups -OCH3 is 1. The number of rotatable bonds is 3. The van der Waals surface area contributed by atoms with Gasteiger partial charge in [0, 0.05) is 22.1 Å². The number of aromatic nitrogens is 1. The predicted octanol–water partition coefficient (Wildman–Crippen LogP) is 1.98. The Morgan fingerprint density at radius 1 is 1.33 bits per heavy atom. The molecule has 1 N–H and O–H groups in total. The minimum Gasteiger partial charge on any atom is -0.465 e. The molecule has 6 nitrogen and oxygen atoms in total. The van der Waals surface area contributed by atoms with Crippen LogP contribution in [-0.2, 0) is 20.9 Å². The van der Waals surface area contributed by atoms with Gasteiger partial charge in [-0.15, -0.1) is 0 Å². The second-order valence-corrected chi connectivity index (χ2v) is 5.47. The molecule has 0 aliphatic rings. The number of benzene rings is 1. The van der Waals surface area contributed by atoms with E-state index in [-0.39, 0.29) is 12.2 Å². The van der Waals surface area contributed by atoms with E-state index < -0.39 is 17.4 Å². The van der Waals surface area contributed by atoms with Gasteiger partial charge in [0.1, 0.15) is 12.2 Å². The number of hydrogen-bond acceptors (Lipinski definition) is 5. The highest BCUT2D eigenvalue weighted by molar-refractivity contribution is 14.1. The highest BCUT2D eigenvalue weighted by Gasteiger charge is 2.15. The Morgan fingerprint density at radius 2 is 2.05 bits per heavy atom. The van der Waals surface area contributed by atoms with Crippen LogP contribution in [0.3, 0.4) is 0 Å². The van der Waals surface area contributed by atoms with Gasteiger partial charge in [0.25, 0.3) is 0 Å². The lowest BCUT2D eigenvalue weighted by Gasteiger charge is -2.07. The van der Waals surface area contributed by atoms with Crippen molar-refractivity contribution < 1.29 is 19.1 Å². The lowest BCUT2D eigenvalue weighted by molar-refractivity contribution is -0.142. The molecule has 0 atom stereocenters. The maximum atomic E-state index is 12.3. The summed E-state index contributed by atoms with van der Waals surface area (Å²) in [7, 11) is 1.22. The van der Waals surface area contributed by atoms with Gasteiger partial charge in [0.05, 0.1) is 12.6 Å². The summed E-state index contributed by atoms with van der Waals surface area (Å²) in [6, 6.07) is 3.41. The number of H-pyrrole nitrogens is 1. The zero-order valence-electron chi connectivity index (χ0n) is 11.4. The lowest BCUT2D eigenvalue weighted by atomic mass is 10.1. The fraction of sp³-hybridized carbons (Fsp3) is 0.214. The molecule has 0 aliphatic carbocycles. The molecule has 0 saturated heterocycles. The van der Waals surface area contributed by atoms with Gasteiger partial charge in [-0.2, -0.15) is 0 Å². The molecule has 7 heteroatoms. The van der Waals surface area contributed by atoms with Crippen LogP contribution in [0, 0.1) is 3.57 Å². The van der Waals surface area contributed by atoms with Crippen LogP contribution in [0.25, 0.3) is 10.9 Å². The largest absolute Gasteiger partial charge is 0.465 e. The van der Waals surface area contributed by atoms with Gasteiger partial charge in [-0.3, -0.25) is 9.59 Å². The Hall–Kier alpha value is -1.90. The van der Waals surface area contributed by atoms with Crippen LogP contribution in [0.15, 0.2) is 23.1 Å². The van der Waals surface area contributed by atoms with Crippen LogP contribution < -0.4 is 5.43 Å². The number of fused-ring (bicyclic) bond motifs is 1. The fourth-order valence-corrected chi connectivity index (χ4v) is 2.72. The van der Waals surface area contributed by atoms with E-state index in [1.807, 2.05) is 0 Å². The van der Waals surface area contributed by atoms with E-state index >= 15 is 0 Å². The van der Waals surface area contributed by atoms with Crippen LogP contribution in [-0.4, -0.2) is 24.0 Å². The highest BCUT2D eigenvalue weighted by atomic mass is 127. The highest BCUT2D eigenvalue weighted by Crippen LogP contribution is 2.20. The second kappa shape index (κ2) is 6.25. The number of nitrogens with one attached hydrogen (secondary N) is 1. The van der Waals surface area contributed by atoms with Crippen molar-refractivity contribution in [3.8, 4) is 0 Å². The van der Waals surface area contributed by atoms with Crippen molar-refractivity contribution in [3.63, 3.8) is 0 Å². The number of carbonyl (C=O) groups is 2. The molecule has 0 fully saturated rings. The zero-order valence-corrected chi connectivity index (χ0v) is 13.5. The number of esters is 2. The van der Waals surface area contributed by atoms with E-state index in [0.717, 1.165) is 3.57 Å². The number of halogens is 1. The molecule has 0 spiro atoms. The van der Waals surface area contributed by atoms with E-state index in [1.54, 1.807) is 12.1 Å². The molecule has 110 valence electrons. The van der Waals surface area contributed by atoms with Crippen LogP contribution in [0.1, 0.15) is 22.8 Å². The topological polar surface area (TPSA) is 85.5 Å². The third-order valence-electron chi connectivity index (χ3n) is 2.85. The third kappa shape index (κ3) is 3.23.